The molecule has 0 spiro atoms. The highest BCUT2D eigenvalue weighted by Crippen LogP contribution is 2.25. The molecule has 0 aliphatic carbocycles. The number of fused-ring (bicyclic) bond motifs is 1. The van der Waals surface area contributed by atoms with Gasteiger partial charge < -0.3 is 5.32 Å². The highest BCUT2D eigenvalue weighted by molar-refractivity contribution is 5.39. The van der Waals surface area contributed by atoms with E-state index in [1.54, 1.807) is 0 Å². The van der Waals surface area contributed by atoms with E-state index in [1.807, 2.05) is 0 Å². The summed E-state index contributed by atoms with van der Waals surface area (Å²) in [7, 11) is 0. The fraction of sp³-hybridized carbons (Fsp3) is 0.750. The van der Waals surface area contributed by atoms with Gasteiger partial charge in [-0.1, -0.05) is 27.2 Å². The van der Waals surface area contributed by atoms with Crippen LogP contribution in [0.4, 0.5) is 5.82 Å². The molecule has 2 unspecified atom stereocenters. The van der Waals surface area contributed by atoms with Crippen molar-refractivity contribution in [1.82, 2.24) is 9.78 Å². The fourth-order valence-corrected chi connectivity index (χ4v) is 2.18. The van der Waals surface area contributed by atoms with E-state index in [0.29, 0.717) is 11.8 Å². The average Bonchev–Trinajstić information content (AvgIpc) is 2.60. The predicted molar refractivity (Wildman–Crippen MR) is 63.2 cm³/mol. The van der Waals surface area contributed by atoms with E-state index in [4.69, 9.17) is 0 Å². The Balaban J connectivity index is 2.15. The van der Waals surface area contributed by atoms with Crippen LogP contribution in [0.1, 0.15) is 45.2 Å². The molecule has 1 N–H and O–H groups in total. The van der Waals surface area contributed by atoms with Gasteiger partial charge in [-0.3, -0.25) is 0 Å². The van der Waals surface area contributed by atoms with Crippen LogP contribution in [-0.2, 0) is 6.54 Å². The molecule has 2 atom stereocenters. The molecule has 2 heterocycles. The van der Waals surface area contributed by atoms with Gasteiger partial charge in [-0.25, -0.2) is 4.68 Å². The second kappa shape index (κ2) is 4.25. The Morgan fingerprint density at radius 2 is 2.47 bits per heavy atom. The van der Waals surface area contributed by atoms with E-state index in [2.05, 4.69) is 41.9 Å². The van der Waals surface area contributed by atoms with Gasteiger partial charge >= 0.3 is 0 Å². The van der Waals surface area contributed by atoms with Gasteiger partial charge in [0.25, 0.3) is 0 Å². The van der Waals surface area contributed by atoms with Crippen molar-refractivity contribution in [3.05, 3.63) is 11.8 Å². The van der Waals surface area contributed by atoms with Gasteiger partial charge in [0.2, 0.25) is 0 Å². The van der Waals surface area contributed by atoms with Crippen LogP contribution in [0.5, 0.6) is 0 Å². The van der Waals surface area contributed by atoms with Crippen LogP contribution >= 0.6 is 0 Å². The van der Waals surface area contributed by atoms with E-state index in [-0.39, 0.29) is 0 Å². The van der Waals surface area contributed by atoms with Crippen molar-refractivity contribution in [3.8, 4) is 0 Å². The van der Waals surface area contributed by atoms with Gasteiger partial charge in [-0.05, 0) is 12.3 Å². The molecular formula is C12H21N3. The smallest absolute Gasteiger partial charge is 0.124 e. The molecule has 1 aromatic rings. The third-order valence-corrected chi connectivity index (χ3v) is 3.14. The van der Waals surface area contributed by atoms with Gasteiger partial charge in [0.1, 0.15) is 5.82 Å². The third-order valence-electron chi connectivity index (χ3n) is 3.14. The molecule has 0 bridgehead atoms. The molecule has 2 rings (SSSR count). The van der Waals surface area contributed by atoms with Crippen molar-refractivity contribution in [2.24, 2.45) is 5.92 Å². The summed E-state index contributed by atoms with van der Waals surface area (Å²) in [5.41, 5.74) is 1.24. The number of aromatic nitrogens is 2. The molecule has 84 valence electrons. The third kappa shape index (κ3) is 2.16. The summed E-state index contributed by atoms with van der Waals surface area (Å²) >= 11 is 0. The Kier molecular flexibility index (Phi) is 2.98. The summed E-state index contributed by atoms with van der Waals surface area (Å²) in [6.07, 6.45) is 2.46. The zero-order valence-corrected chi connectivity index (χ0v) is 9.95. The van der Waals surface area contributed by atoms with Gasteiger partial charge in [-0.15, -0.1) is 0 Å². The molecular weight excluding hydrogens is 186 g/mol. The van der Waals surface area contributed by atoms with Crippen LogP contribution in [-0.4, -0.2) is 16.3 Å². The molecule has 0 saturated heterocycles. The summed E-state index contributed by atoms with van der Waals surface area (Å²) in [4.78, 5) is 0. The number of rotatable bonds is 3. The standard InChI is InChI=1S/C12H21N3/c1-4-5-10(3)11-6-12-13-7-9(2)8-15(12)14-11/h6,9-10,13H,4-5,7-8H2,1-3H3. The highest BCUT2D eigenvalue weighted by atomic mass is 15.3. The maximum atomic E-state index is 4.67. The molecule has 15 heavy (non-hydrogen) atoms. The second-order valence-electron chi connectivity index (χ2n) is 4.81. The van der Waals surface area contributed by atoms with Crippen LogP contribution in [0, 0.1) is 5.92 Å². The van der Waals surface area contributed by atoms with Crippen LogP contribution in [0.3, 0.4) is 0 Å². The largest absolute Gasteiger partial charge is 0.370 e. The first-order valence-electron chi connectivity index (χ1n) is 6.02. The Morgan fingerprint density at radius 3 is 3.20 bits per heavy atom. The van der Waals surface area contributed by atoms with Crippen molar-refractivity contribution in [3.63, 3.8) is 0 Å². The molecule has 0 radical (unpaired) electrons. The van der Waals surface area contributed by atoms with E-state index in [1.165, 1.54) is 24.4 Å². The van der Waals surface area contributed by atoms with Crippen molar-refractivity contribution < 1.29 is 0 Å². The Bertz CT molecular complexity index is 330. The quantitative estimate of drug-likeness (QED) is 0.826. The predicted octanol–water partition coefficient (Wildman–Crippen LogP) is 2.85. The molecule has 0 fully saturated rings. The Hall–Kier alpha value is -0.990. The van der Waals surface area contributed by atoms with E-state index in [0.717, 1.165) is 13.1 Å². The molecule has 0 amide bonds. The summed E-state index contributed by atoms with van der Waals surface area (Å²) in [5, 5.41) is 8.10. The minimum atomic E-state index is 0.588. The highest BCUT2D eigenvalue weighted by Gasteiger charge is 2.18. The minimum Gasteiger partial charge on any atom is -0.370 e. The van der Waals surface area contributed by atoms with Gasteiger partial charge in [0.05, 0.1) is 5.69 Å². The number of nitrogens with one attached hydrogen (secondary N) is 1. The van der Waals surface area contributed by atoms with E-state index >= 15 is 0 Å². The molecule has 3 heteroatoms. The maximum absolute atomic E-state index is 4.67. The molecule has 0 saturated carbocycles. The van der Waals surface area contributed by atoms with Crippen LogP contribution in [0.2, 0.25) is 0 Å². The zero-order valence-electron chi connectivity index (χ0n) is 9.95. The first kappa shape index (κ1) is 10.5. The van der Waals surface area contributed by atoms with Crippen molar-refractivity contribution in [2.45, 2.75) is 46.1 Å². The fourth-order valence-electron chi connectivity index (χ4n) is 2.18. The summed E-state index contributed by atoms with van der Waals surface area (Å²) < 4.78 is 2.12. The van der Waals surface area contributed by atoms with Crippen molar-refractivity contribution in [1.29, 1.82) is 0 Å². The topological polar surface area (TPSA) is 29.9 Å². The first-order chi connectivity index (χ1) is 7.20. The summed E-state index contributed by atoms with van der Waals surface area (Å²) in [6.45, 7) is 8.88. The summed E-state index contributed by atoms with van der Waals surface area (Å²) in [6, 6.07) is 2.21. The first-order valence-corrected chi connectivity index (χ1v) is 6.02. The average molecular weight is 207 g/mol. The van der Waals surface area contributed by atoms with Gasteiger partial charge in [-0.2, -0.15) is 5.10 Å². The second-order valence-corrected chi connectivity index (χ2v) is 4.81. The lowest BCUT2D eigenvalue weighted by molar-refractivity contribution is 0.440. The number of nitrogens with zero attached hydrogens (tertiary/aromatic N) is 2. The van der Waals surface area contributed by atoms with Crippen molar-refractivity contribution in [2.75, 3.05) is 11.9 Å². The Labute approximate surface area is 91.9 Å². The van der Waals surface area contributed by atoms with E-state index in [9.17, 15) is 0 Å². The molecule has 1 aliphatic heterocycles. The van der Waals surface area contributed by atoms with Gasteiger partial charge in [0.15, 0.2) is 0 Å². The lowest BCUT2D eigenvalue weighted by Gasteiger charge is -2.21. The van der Waals surface area contributed by atoms with Crippen LogP contribution in [0.15, 0.2) is 6.07 Å². The summed E-state index contributed by atoms with van der Waals surface area (Å²) in [5.74, 6) is 2.47. The van der Waals surface area contributed by atoms with E-state index < -0.39 is 0 Å². The van der Waals surface area contributed by atoms with Gasteiger partial charge in [0, 0.05) is 25.1 Å². The normalized spacial score (nSPS) is 21.9. The van der Waals surface area contributed by atoms with Crippen LogP contribution < -0.4 is 5.32 Å². The maximum Gasteiger partial charge on any atom is 0.124 e. The number of hydrogen-bond donors (Lipinski definition) is 1. The molecule has 0 aromatic carbocycles. The lowest BCUT2D eigenvalue weighted by atomic mass is 10.0. The minimum absolute atomic E-state index is 0.588. The van der Waals surface area contributed by atoms with Crippen LogP contribution in [0.25, 0.3) is 0 Å². The van der Waals surface area contributed by atoms with Crippen molar-refractivity contribution >= 4 is 5.82 Å². The Morgan fingerprint density at radius 1 is 1.67 bits per heavy atom. The SMILES string of the molecule is CCCC(C)c1cc2n(n1)CC(C)CN2. The molecule has 1 aromatic heterocycles. The molecule has 1 aliphatic rings. The number of hydrogen-bond acceptors (Lipinski definition) is 2. The number of anilines is 1. The lowest BCUT2D eigenvalue weighted by Crippen LogP contribution is -2.25. The molecule has 3 nitrogen and oxygen atoms in total. The monoisotopic (exact) mass is 207 g/mol. The zero-order chi connectivity index (χ0) is 10.8.